The van der Waals surface area contributed by atoms with Gasteiger partial charge in [-0.05, 0) is 65.9 Å². The van der Waals surface area contributed by atoms with Crippen LogP contribution in [0, 0.1) is 5.92 Å². The predicted molar refractivity (Wildman–Crippen MR) is 112 cm³/mol. The summed E-state index contributed by atoms with van der Waals surface area (Å²) in [4.78, 5) is 16.7. The highest BCUT2D eigenvalue weighted by Gasteiger charge is 2.12. The van der Waals surface area contributed by atoms with Crippen molar-refractivity contribution in [2.75, 3.05) is 6.61 Å². The van der Waals surface area contributed by atoms with Gasteiger partial charge in [0, 0.05) is 18.0 Å². The van der Waals surface area contributed by atoms with Gasteiger partial charge in [0.05, 0.1) is 12.6 Å². The monoisotopic (exact) mass is 374 g/mol. The number of benzene rings is 2. The van der Waals surface area contributed by atoms with Crippen molar-refractivity contribution in [1.82, 2.24) is 10.3 Å². The van der Waals surface area contributed by atoms with Crippen LogP contribution in [0.1, 0.15) is 42.7 Å². The minimum atomic E-state index is -0.116. The van der Waals surface area contributed by atoms with Gasteiger partial charge in [-0.1, -0.05) is 38.1 Å². The molecule has 1 heterocycles. The van der Waals surface area contributed by atoms with Crippen LogP contribution in [0.3, 0.4) is 0 Å². The smallest absolute Gasteiger partial charge is 0.251 e. The molecule has 0 saturated carbocycles. The average molecular weight is 374 g/mol. The first-order valence-corrected chi connectivity index (χ1v) is 9.57. The molecular weight excluding hydrogens is 348 g/mol. The number of rotatable bonds is 7. The Morgan fingerprint density at radius 1 is 0.964 bits per heavy atom. The Morgan fingerprint density at radius 2 is 1.64 bits per heavy atom. The zero-order valence-corrected chi connectivity index (χ0v) is 16.6. The lowest BCUT2D eigenvalue weighted by Gasteiger charge is -2.16. The summed E-state index contributed by atoms with van der Waals surface area (Å²) in [6, 6.07) is 19.3. The number of aromatic nitrogens is 1. The van der Waals surface area contributed by atoms with E-state index in [0.29, 0.717) is 18.1 Å². The summed E-state index contributed by atoms with van der Waals surface area (Å²) in [6.07, 6.45) is 3.52. The van der Waals surface area contributed by atoms with Crippen LogP contribution in [0.5, 0.6) is 5.75 Å². The molecule has 4 heteroatoms. The molecule has 1 aromatic heterocycles. The molecular formula is C24H26N2O2. The van der Waals surface area contributed by atoms with Crippen LogP contribution in [0.15, 0.2) is 73.1 Å². The standard InChI is InChI=1S/C24H26N2O2/c1-17(2)16-28-23-6-4-5-22(15-23)18(3)26-24(27)21-9-7-19(8-10-21)20-11-13-25-14-12-20/h4-15,17-18H,16H2,1-3H3,(H,26,27). The number of ether oxygens (including phenoxy) is 1. The van der Waals surface area contributed by atoms with Crippen LogP contribution in [0.2, 0.25) is 0 Å². The van der Waals surface area contributed by atoms with Crippen LogP contribution in [0.25, 0.3) is 11.1 Å². The Labute approximate surface area is 166 Å². The normalized spacial score (nSPS) is 11.9. The van der Waals surface area contributed by atoms with Gasteiger partial charge in [0.1, 0.15) is 5.75 Å². The summed E-state index contributed by atoms with van der Waals surface area (Å²) in [5.74, 6) is 1.20. The van der Waals surface area contributed by atoms with Crippen molar-refractivity contribution >= 4 is 5.91 Å². The second kappa shape index (κ2) is 9.18. The van der Waals surface area contributed by atoms with Crippen molar-refractivity contribution in [3.63, 3.8) is 0 Å². The summed E-state index contributed by atoms with van der Waals surface area (Å²) in [5, 5.41) is 3.06. The minimum absolute atomic E-state index is 0.0951. The van der Waals surface area contributed by atoms with Gasteiger partial charge in [-0.15, -0.1) is 0 Å². The molecule has 0 spiro atoms. The molecule has 0 radical (unpaired) electrons. The topological polar surface area (TPSA) is 51.2 Å². The number of carbonyl (C=O) groups is 1. The SMILES string of the molecule is CC(C)COc1cccc(C(C)NC(=O)c2ccc(-c3ccncc3)cc2)c1. The third-order valence-electron chi connectivity index (χ3n) is 4.45. The van der Waals surface area contributed by atoms with Crippen LogP contribution in [-0.4, -0.2) is 17.5 Å². The number of hydrogen-bond acceptors (Lipinski definition) is 3. The van der Waals surface area contributed by atoms with Crippen molar-refractivity contribution in [3.05, 3.63) is 84.2 Å². The van der Waals surface area contributed by atoms with Gasteiger partial charge >= 0.3 is 0 Å². The van der Waals surface area contributed by atoms with Gasteiger partial charge in [-0.25, -0.2) is 0 Å². The largest absolute Gasteiger partial charge is 0.493 e. The molecule has 0 bridgehead atoms. The van der Waals surface area contributed by atoms with E-state index in [-0.39, 0.29) is 11.9 Å². The Balaban J connectivity index is 1.65. The number of pyridine rings is 1. The maximum absolute atomic E-state index is 12.6. The Kier molecular flexibility index (Phi) is 6.43. The fourth-order valence-corrected chi connectivity index (χ4v) is 2.86. The van der Waals surface area contributed by atoms with Crippen molar-refractivity contribution in [3.8, 4) is 16.9 Å². The predicted octanol–water partition coefficient (Wildman–Crippen LogP) is 5.27. The highest BCUT2D eigenvalue weighted by molar-refractivity contribution is 5.94. The van der Waals surface area contributed by atoms with E-state index in [0.717, 1.165) is 22.4 Å². The molecule has 0 saturated heterocycles. The lowest BCUT2D eigenvalue weighted by Crippen LogP contribution is -2.26. The molecule has 2 aromatic carbocycles. The van der Waals surface area contributed by atoms with E-state index in [1.54, 1.807) is 12.4 Å². The first-order chi connectivity index (χ1) is 13.5. The second-order valence-corrected chi connectivity index (χ2v) is 7.29. The summed E-state index contributed by atoms with van der Waals surface area (Å²) in [7, 11) is 0. The lowest BCUT2D eigenvalue weighted by molar-refractivity contribution is 0.0940. The maximum Gasteiger partial charge on any atom is 0.251 e. The molecule has 1 atom stereocenters. The van der Waals surface area contributed by atoms with Gasteiger partial charge in [0.2, 0.25) is 0 Å². The number of carbonyl (C=O) groups excluding carboxylic acids is 1. The van der Waals surface area contributed by atoms with Crippen LogP contribution >= 0.6 is 0 Å². The van der Waals surface area contributed by atoms with Crippen molar-refractivity contribution in [2.45, 2.75) is 26.8 Å². The van der Waals surface area contributed by atoms with Crippen molar-refractivity contribution < 1.29 is 9.53 Å². The average Bonchev–Trinajstić information content (AvgIpc) is 2.73. The Bertz CT molecular complexity index is 905. The van der Waals surface area contributed by atoms with Gasteiger partial charge in [0.25, 0.3) is 5.91 Å². The van der Waals surface area contributed by atoms with Crippen molar-refractivity contribution in [1.29, 1.82) is 0 Å². The number of nitrogens with zero attached hydrogens (tertiary/aromatic N) is 1. The molecule has 144 valence electrons. The van der Waals surface area contributed by atoms with Gasteiger partial charge in [-0.3, -0.25) is 9.78 Å². The molecule has 1 amide bonds. The minimum Gasteiger partial charge on any atom is -0.493 e. The third kappa shape index (κ3) is 5.19. The highest BCUT2D eigenvalue weighted by atomic mass is 16.5. The summed E-state index contributed by atoms with van der Waals surface area (Å²) in [6.45, 7) is 6.89. The molecule has 0 aliphatic heterocycles. The molecule has 0 aliphatic carbocycles. The van der Waals surface area contributed by atoms with Gasteiger partial charge < -0.3 is 10.1 Å². The number of amides is 1. The number of hydrogen-bond donors (Lipinski definition) is 1. The fraction of sp³-hybridized carbons (Fsp3) is 0.250. The quantitative estimate of drug-likeness (QED) is 0.612. The molecule has 4 nitrogen and oxygen atoms in total. The molecule has 0 aliphatic rings. The summed E-state index contributed by atoms with van der Waals surface area (Å²) < 4.78 is 5.79. The second-order valence-electron chi connectivity index (χ2n) is 7.29. The van der Waals surface area contributed by atoms with Crippen LogP contribution in [0.4, 0.5) is 0 Å². The van der Waals surface area contributed by atoms with E-state index in [1.807, 2.05) is 67.6 Å². The fourth-order valence-electron chi connectivity index (χ4n) is 2.86. The van der Waals surface area contributed by atoms with Crippen LogP contribution in [-0.2, 0) is 0 Å². The Hall–Kier alpha value is -3.14. The summed E-state index contributed by atoms with van der Waals surface area (Å²) >= 11 is 0. The van der Waals surface area contributed by atoms with E-state index < -0.39 is 0 Å². The molecule has 0 fully saturated rings. The van der Waals surface area contributed by atoms with E-state index >= 15 is 0 Å². The highest BCUT2D eigenvalue weighted by Crippen LogP contribution is 2.21. The van der Waals surface area contributed by atoms with Crippen LogP contribution < -0.4 is 10.1 Å². The number of nitrogens with one attached hydrogen (secondary N) is 1. The van der Waals surface area contributed by atoms with E-state index in [2.05, 4.69) is 24.1 Å². The molecule has 28 heavy (non-hydrogen) atoms. The van der Waals surface area contributed by atoms with E-state index in [9.17, 15) is 4.79 Å². The zero-order chi connectivity index (χ0) is 19.9. The van der Waals surface area contributed by atoms with E-state index in [4.69, 9.17) is 4.74 Å². The molecule has 1 unspecified atom stereocenters. The Morgan fingerprint density at radius 3 is 2.32 bits per heavy atom. The molecule has 3 aromatic rings. The summed E-state index contributed by atoms with van der Waals surface area (Å²) in [5.41, 5.74) is 3.79. The van der Waals surface area contributed by atoms with E-state index in [1.165, 1.54) is 0 Å². The van der Waals surface area contributed by atoms with Gasteiger partial charge in [0.15, 0.2) is 0 Å². The first-order valence-electron chi connectivity index (χ1n) is 9.57. The first kappa shape index (κ1) is 19.6. The molecule has 1 N–H and O–H groups in total. The van der Waals surface area contributed by atoms with Crippen molar-refractivity contribution in [2.24, 2.45) is 5.92 Å². The van der Waals surface area contributed by atoms with Gasteiger partial charge in [-0.2, -0.15) is 0 Å². The molecule has 3 rings (SSSR count). The lowest BCUT2D eigenvalue weighted by atomic mass is 10.0. The maximum atomic E-state index is 12.6. The third-order valence-corrected chi connectivity index (χ3v) is 4.45. The zero-order valence-electron chi connectivity index (χ0n) is 16.6.